The minimum Gasteiger partial charge on any atom is -0.326 e. The standard InChI is InChI=1S/C10H6F7NO/c11-7-2-1-5(3-6(7)10(15,16)17)18-8(19)4-9(12,13)14/h1-3H,4H2,(H,18,19). The number of nitrogens with one attached hydrogen (secondary N) is 1. The number of benzene rings is 1. The first-order valence-corrected chi connectivity index (χ1v) is 4.72. The largest absolute Gasteiger partial charge is 0.419 e. The fourth-order valence-corrected chi connectivity index (χ4v) is 1.21. The van der Waals surface area contributed by atoms with Crippen LogP contribution in [0, 0.1) is 5.82 Å². The van der Waals surface area contributed by atoms with Gasteiger partial charge in [0.2, 0.25) is 5.91 Å². The Kier molecular flexibility index (Phi) is 4.06. The quantitative estimate of drug-likeness (QED) is 0.826. The number of hydrogen-bond donors (Lipinski definition) is 1. The van der Waals surface area contributed by atoms with Crippen molar-refractivity contribution in [3.63, 3.8) is 0 Å². The van der Waals surface area contributed by atoms with Crippen molar-refractivity contribution in [2.24, 2.45) is 0 Å². The van der Waals surface area contributed by atoms with Crippen molar-refractivity contribution in [1.82, 2.24) is 0 Å². The lowest BCUT2D eigenvalue weighted by Crippen LogP contribution is -2.21. The first-order valence-electron chi connectivity index (χ1n) is 4.72. The van der Waals surface area contributed by atoms with E-state index < -0.39 is 41.7 Å². The summed E-state index contributed by atoms with van der Waals surface area (Å²) in [4.78, 5) is 10.9. The average molecular weight is 289 g/mol. The van der Waals surface area contributed by atoms with Crippen molar-refractivity contribution in [1.29, 1.82) is 0 Å². The topological polar surface area (TPSA) is 29.1 Å². The van der Waals surface area contributed by atoms with Crippen LogP contribution in [0.3, 0.4) is 0 Å². The number of alkyl halides is 6. The molecule has 106 valence electrons. The summed E-state index contributed by atoms with van der Waals surface area (Å²) in [6, 6.07) is 1.37. The molecule has 0 aliphatic rings. The summed E-state index contributed by atoms with van der Waals surface area (Å²) in [6.07, 6.45) is -11.6. The van der Waals surface area contributed by atoms with Gasteiger partial charge in [-0.05, 0) is 18.2 Å². The molecule has 0 aliphatic carbocycles. The van der Waals surface area contributed by atoms with Crippen LogP contribution in [0.25, 0.3) is 0 Å². The molecule has 0 unspecified atom stereocenters. The molecule has 0 saturated carbocycles. The maximum absolute atomic E-state index is 12.9. The van der Waals surface area contributed by atoms with E-state index in [0.717, 1.165) is 6.07 Å². The summed E-state index contributed by atoms with van der Waals surface area (Å²) >= 11 is 0. The molecular formula is C10H6F7NO. The summed E-state index contributed by atoms with van der Waals surface area (Å²) in [6.45, 7) is 0. The summed E-state index contributed by atoms with van der Waals surface area (Å²) < 4.78 is 85.3. The van der Waals surface area contributed by atoms with Crippen molar-refractivity contribution in [2.45, 2.75) is 18.8 Å². The highest BCUT2D eigenvalue weighted by Crippen LogP contribution is 2.33. The minimum atomic E-state index is -5.01. The third kappa shape index (κ3) is 4.76. The van der Waals surface area contributed by atoms with E-state index in [9.17, 15) is 35.5 Å². The maximum atomic E-state index is 12.9. The lowest BCUT2D eigenvalue weighted by molar-refractivity contribution is -0.150. The molecule has 0 atom stereocenters. The highest BCUT2D eigenvalue weighted by atomic mass is 19.4. The highest BCUT2D eigenvalue weighted by molar-refractivity contribution is 5.91. The van der Waals surface area contributed by atoms with Gasteiger partial charge in [-0.3, -0.25) is 4.79 Å². The van der Waals surface area contributed by atoms with Gasteiger partial charge in [-0.1, -0.05) is 0 Å². The maximum Gasteiger partial charge on any atom is 0.419 e. The zero-order chi connectivity index (χ0) is 14.8. The molecule has 2 nitrogen and oxygen atoms in total. The van der Waals surface area contributed by atoms with Crippen LogP contribution < -0.4 is 5.32 Å². The van der Waals surface area contributed by atoms with E-state index in [0.29, 0.717) is 6.07 Å². The number of carbonyl (C=O) groups excluding carboxylic acids is 1. The van der Waals surface area contributed by atoms with E-state index in [1.54, 1.807) is 5.32 Å². The number of halogens is 7. The Morgan fingerprint density at radius 2 is 1.68 bits per heavy atom. The molecule has 19 heavy (non-hydrogen) atoms. The molecule has 9 heteroatoms. The second-order valence-electron chi connectivity index (χ2n) is 3.53. The van der Waals surface area contributed by atoms with Gasteiger partial charge in [0.25, 0.3) is 0 Å². The zero-order valence-electron chi connectivity index (χ0n) is 8.99. The monoisotopic (exact) mass is 289 g/mol. The van der Waals surface area contributed by atoms with E-state index in [2.05, 4.69) is 0 Å². The van der Waals surface area contributed by atoms with E-state index in [1.807, 2.05) is 0 Å². The van der Waals surface area contributed by atoms with Crippen LogP contribution >= 0.6 is 0 Å². The predicted molar refractivity (Wildman–Crippen MR) is 50.7 cm³/mol. The number of hydrogen-bond acceptors (Lipinski definition) is 1. The van der Waals surface area contributed by atoms with Crippen LogP contribution in [0.1, 0.15) is 12.0 Å². The van der Waals surface area contributed by atoms with Crippen molar-refractivity contribution >= 4 is 11.6 Å². The van der Waals surface area contributed by atoms with Gasteiger partial charge in [0.05, 0.1) is 5.56 Å². The van der Waals surface area contributed by atoms with Crippen LogP contribution in [-0.2, 0) is 11.0 Å². The van der Waals surface area contributed by atoms with Gasteiger partial charge in [0, 0.05) is 5.69 Å². The Labute approximate surface area is 102 Å². The predicted octanol–water partition coefficient (Wildman–Crippen LogP) is 3.74. The summed E-state index contributed by atoms with van der Waals surface area (Å²) in [7, 11) is 0. The lowest BCUT2D eigenvalue weighted by atomic mass is 10.1. The molecule has 0 spiro atoms. The molecular weight excluding hydrogens is 283 g/mol. The van der Waals surface area contributed by atoms with Crippen molar-refractivity contribution in [2.75, 3.05) is 5.32 Å². The van der Waals surface area contributed by atoms with Gasteiger partial charge < -0.3 is 5.32 Å². The first-order chi connectivity index (χ1) is 8.49. The molecule has 0 aromatic heterocycles. The summed E-state index contributed by atoms with van der Waals surface area (Å²) in [5.41, 5.74) is -2.24. The van der Waals surface area contributed by atoms with Crippen molar-refractivity contribution in [3.8, 4) is 0 Å². The first kappa shape index (κ1) is 15.3. The second kappa shape index (κ2) is 5.06. The zero-order valence-corrected chi connectivity index (χ0v) is 8.99. The number of carbonyl (C=O) groups is 1. The van der Waals surface area contributed by atoms with Crippen LogP contribution in [0.5, 0.6) is 0 Å². The smallest absolute Gasteiger partial charge is 0.326 e. The Morgan fingerprint density at radius 1 is 1.11 bits per heavy atom. The molecule has 0 heterocycles. The lowest BCUT2D eigenvalue weighted by Gasteiger charge is -2.11. The molecule has 0 radical (unpaired) electrons. The second-order valence-corrected chi connectivity index (χ2v) is 3.53. The molecule has 0 fully saturated rings. The van der Waals surface area contributed by atoms with Crippen molar-refractivity contribution < 1.29 is 35.5 Å². The fraction of sp³-hybridized carbons (Fsp3) is 0.300. The van der Waals surface area contributed by atoms with Crippen LogP contribution in [0.15, 0.2) is 18.2 Å². The minimum absolute atomic E-state index is 0.226. The van der Waals surface area contributed by atoms with Crippen LogP contribution in [-0.4, -0.2) is 12.1 Å². The summed E-state index contributed by atoms with van der Waals surface area (Å²) in [5.74, 6) is -3.12. The number of anilines is 1. The van der Waals surface area contributed by atoms with Gasteiger partial charge in [-0.25, -0.2) is 4.39 Å². The average Bonchev–Trinajstić information content (AvgIpc) is 2.16. The number of rotatable bonds is 2. The number of amides is 1. The Morgan fingerprint density at radius 3 is 2.16 bits per heavy atom. The normalized spacial score (nSPS) is 12.4. The Bertz CT molecular complexity index is 478. The van der Waals surface area contributed by atoms with Gasteiger partial charge in [0.15, 0.2) is 0 Å². The van der Waals surface area contributed by atoms with E-state index in [1.165, 1.54) is 0 Å². The Hall–Kier alpha value is -1.80. The van der Waals surface area contributed by atoms with E-state index >= 15 is 0 Å². The van der Waals surface area contributed by atoms with Gasteiger partial charge in [-0.15, -0.1) is 0 Å². The third-order valence-corrected chi connectivity index (χ3v) is 1.92. The van der Waals surface area contributed by atoms with Crippen LogP contribution in [0.2, 0.25) is 0 Å². The SMILES string of the molecule is O=C(CC(F)(F)F)Nc1ccc(F)c(C(F)(F)F)c1. The molecule has 1 amide bonds. The van der Waals surface area contributed by atoms with Gasteiger partial charge in [-0.2, -0.15) is 26.3 Å². The van der Waals surface area contributed by atoms with Gasteiger partial charge in [0.1, 0.15) is 12.2 Å². The molecule has 0 saturated heterocycles. The molecule has 1 aromatic rings. The molecule has 0 bridgehead atoms. The van der Waals surface area contributed by atoms with Crippen molar-refractivity contribution in [3.05, 3.63) is 29.6 Å². The molecule has 1 N–H and O–H groups in total. The van der Waals surface area contributed by atoms with E-state index in [4.69, 9.17) is 0 Å². The fourth-order valence-electron chi connectivity index (χ4n) is 1.21. The highest BCUT2D eigenvalue weighted by Gasteiger charge is 2.35. The van der Waals surface area contributed by atoms with E-state index in [-0.39, 0.29) is 6.07 Å². The molecule has 0 aliphatic heterocycles. The Balaban J connectivity index is 2.89. The summed E-state index contributed by atoms with van der Waals surface area (Å²) in [5, 5.41) is 1.61. The van der Waals surface area contributed by atoms with Crippen LogP contribution in [0.4, 0.5) is 36.4 Å². The van der Waals surface area contributed by atoms with Gasteiger partial charge >= 0.3 is 12.4 Å². The molecule has 1 rings (SSSR count). The third-order valence-electron chi connectivity index (χ3n) is 1.92. The molecule has 1 aromatic carbocycles.